The number of hydrogen-bond acceptors (Lipinski definition) is 4. The molecule has 14 unspecified atom stereocenters. The third kappa shape index (κ3) is 4.29. The number of benzene rings is 2. The van der Waals surface area contributed by atoms with Crippen LogP contribution in [0.4, 0.5) is 0 Å². The number of aliphatic imine (C=N–C) groups is 1. The van der Waals surface area contributed by atoms with Crippen molar-refractivity contribution in [1.29, 1.82) is 0 Å². The summed E-state index contributed by atoms with van der Waals surface area (Å²) in [6.45, 7) is 10.7. The molecule has 2 aromatic carbocycles. The molecule has 4 nitrogen and oxygen atoms in total. The Bertz CT molecular complexity index is 1660. The molecule has 49 heavy (non-hydrogen) atoms. The smallest absolute Gasteiger partial charge is 0.198 e. The normalized spacial score (nSPS) is 45.1. The fourth-order valence-corrected chi connectivity index (χ4v) is 15.1. The number of aryl methyl sites for hydroxylation is 1. The zero-order valence-electron chi connectivity index (χ0n) is 30.8. The molecule has 9 aliphatic rings. The summed E-state index contributed by atoms with van der Waals surface area (Å²) in [7, 11) is 0. The van der Waals surface area contributed by atoms with Crippen LogP contribution in [0, 0.1) is 41.9 Å². The highest BCUT2D eigenvalue weighted by molar-refractivity contribution is 6.79. The molecule has 14 atom stereocenters. The number of rotatable bonds is 1. The number of ether oxygens (including phenoxy) is 1. The molecule has 4 aliphatic heterocycles. The average molecular weight is 658 g/mol. The third-order valence-corrected chi connectivity index (χ3v) is 17.0. The predicted octanol–water partition coefficient (Wildman–Crippen LogP) is 8.86. The van der Waals surface area contributed by atoms with Crippen LogP contribution < -0.4 is 5.46 Å². The lowest BCUT2D eigenvalue weighted by Crippen LogP contribution is -2.76. The lowest BCUT2D eigenvalue weighted by atomic mass is 9.22. The number of guanidine groups is 1. The highest BCUT2D eigenvalue weighted by atomic mass is 16.5. The van der Waals surface area contributed by atoms with Crippen molar-refractivity contribution in [3.8, 4) is 0 Å². The Morgan fingerprint density at radius 1 is 0.735 bits per heavy atom. The van der Waals surface area contributed by atoms with E-state index in [9.17, 15) is 0 Å². The number of nitrogens with zero attached hydrogens (tertiary/aromatic N) is 3. The first-order valence-electron chi connectivity index (χ1n) is 21.1. The Kier molecular flexibility index (Phi) is 6.87. The summed E-state index contributed by atoms with van der Waals surface area (Å²) in [6, 6.07) is 17.3. The summed E-state index contributed by atoms with van der Waals surface area (Å²) in [5.41, 5.74) is 3.63. The largest absolute Gasteiger partial charge is 0.374 e. The average Bonchev–Trinajstić information content (AvgIpc) is 3.69. The summed E-state index contributed by atoms with van der Waals surface area (Å²) < 4.78 is 6.93. The predicted molar refractivity (Wildman–Crippen MR) is 202 cm³/mol. The molecular weight excluding hydrogens is 597 g/mol. The van der Waals surface area contributed by atoms with Crippen LogP contribution in [0.3, 0.4) is 0 Å². The highest BCUT2D eigenvalue weighted by Gasteiger charge is 2.67. The van der Waals surface area contributed by atoms with Gasteiger partial charge in [0.15, 0.2) is 12.7 Å². The molecule has 0 bridgehead atoms. The molecule has 0 amide bonds. The Morgan fingerprint density at radius 3 is 2.49 bits per heavy atom. The lowest BCUT2D eigenvalue weighted by Gasteiger charge is -2.68. The van der Waals surface area contributed by atoms with Crippen LogP contribution in [0.1, 0.15) is 116 Å². The van der Waals surface area contributed by atoms with E-state index in [-0.39, 0.29) is 0 Å². The van der Waals surface area contributed by atoms with Gasteiger partial charge in [0.2, 0.25) is 0 Å². The van der Waals surface area contributed by atoms with Crippen molar-refractivity contribution in [2.45, 2.75) is 172 Å². The van der Waals surface area contributed by atoms with Gasteiger partial charge in [-0.15, -0.1) is 0 Å². The number of fused-ring (bicyclic) bond motifs is 12. The van der Waals surface area contributed by atoms with E-state index in [1.807, 2.05) is 0 Å². The minimum Gasteiger partial charge on any atom is -0.374 e. The van der Waals surface area contributed by atoms with E-state index in [1.54, 1.807) is 16.4 Å². The SMILES string of the molecule is Cc1ccc2ccccc2c1B1C2CCC(C(C)(C)C)CC2N2C3=NC4C5C(CCC4N3C3CCCC4CCC1C2C43)OC1CCCCC15. The summed E-state index contributed by atoms with van der Waals surface area (Å²) in [4.78, 5) is 12.4. The molecule has 11 rings (SSSR count). The van der Waals surface area contributed by atoms with Crippen molar-refractivity contribution in [2.75, 3.05) is 0 Å². The van der Waals surface area contributed by atoms with Crippen molar-refractivity contribution in [3.63, 3.8) is 0 Å². The molecule has 4 heterocycles. The monoisotopic (exact) mass is 657 g/mol. The first-order valence-corrected chi connectivity index (χ1v) is 21.1. The third-order valence-electron chi connectivity index (χ3n) is 17.0. The van der Waals surface area contributed by atoms with Gasteiger partial charge in [-0.05, 0) is 97.4 Å². The van der Waals surface area contributed by atoms with Crippen LogP contribution in [0.15, 0.2) is 41.4 Å². The molecule has 0 radical (unpaired) electrons. The minimum absolute atomic E-state index is 0.348. The zero-order valence-corrected chi connectivity index (χ0v) is 30.8. The standard InChI is InChI=1S/C44H60BN3O/c1-25-16-17-26-10-5-6-12-29(26)40(25)45-31-21-19-28(44(2,3)4)24-35(31)48-42-32(45)20-18-27-11-9-14-33(38(27)42)47-34-22-23-37-39(41(34)46-43(47)48)30-13-7-8-15-36(30)49-37/h5-6,10,12,16-17,27-28,30-39,41-42H,7-9,11,13-15,18-24H2,1-4H3. The first kappa shape index (κ1) is 30.6. The van der Waals surface area contributed by atoms with Crippen LogP contribution in [0.5, 0.6) is 0 Å². The van der Waals surface area contributed by atoms with E-state index < -0.39 is 0 Å². The van der Waals surface area contributed by atoms with E-state index in [0.717, 1.165) is 29.5 Å². The summed E-state index contributed by atoms with van der Waals surface area (Å²) in [6.07, 6.45) is 20.3. The zero-order chi connectivity index (χ0) is 32.8. The Morgan fingerprint density at radius 2 is 1.59 bits per heavy atom. The first-order chi connectivity index (χ1) is 23.9. The molecule has 5 heteroatoms. The molecule has 260 valence electrons. The summed E-state index contributed by atoms with van der Waals surface area (Å²) >= 11 is 0. The van der Waals surface area contributed by atoms with Gasteiger partial charge in [0.05, 0.1) is 24.3 Å². The van der Waals surface area contributed by atoms with E-state index in [2.05, 4.69) is 73.9 Å². The van der Waals surface area contributed by atoms with Gasteiger partial charge in [-0.3, -0.25) is 0 Å². The van der Waals surface area contributed by atoms with Crippen LogP contribution in [0.2, 0.25) is 11.6 Å². The second-order valence-electron chi connectivity index (χ2n) is 19.8. The quantitative estimate of drug-likeness (QED) is 0.287. The van der Waals surface area contributed by atoms with Crippen LogP contribution >= 0.6 is 0 Å². The maximum absolute atomic E-state index is 6.93. The molecule has 0 N–H and O–H groups in total. The molecule has 0 spiro atoms. The maximum atomic E-state index is 6.93. The molecule has 8 fully saturated rings. The van der Waals surface area contributed by atoms with Crippen molar-refractivity contribution < 1.29 is 4.74 Å². The summed E-state index contributed by atoms with van der Waals surface area (Å²) in [5, 5.41) is 3.00. The molecule has 5 saturated carbocycles. The van der Waals surface area contributed by atoms with Crippen molar-refractivity contribution >= 4 is 28.9 Å². The van der Waals surface area contributed by atoms with Gasteiger partial charge in [0.1, 0.15) is 0 Å². The van der Waals surface area contributed by atoms with Gasteiger partial charge in [-0.1, -0.05) is 113 Å². The lowest BCUT2D eigenvalue weighted by molar-refractivity contribution is -0.0675. The second kappa shape index (κ2) is 11.0. The van der Waals surface area contributed by atoms with Crippen molar-refractivity contribution in [2.24, 2.45) is 40.0 Å². The van der Waals surface area contributed by atoms with Gasteiger partial charge in [-0.2, -0.15) is 0 Å². The van der Waals surface area contributed by atoms with Gasteiger partial charge >= 0.3 is 0 Å². The van der Waals surface area contributed by atoms with Crippen LogP contribution in [-0.4, -0.2) is 64.9 Å². The molecular formula is C44H60BN3O. The van der Waals surface area contributed by atoms with Gasteiger partial charge in [0.25, 0.3) is 0 Å². The summed E-state index contributed by atoms with van der Waals surface area (Å²) in [5.74, 6) is 6.82. The van der Waals surface area contributed by atoms with Crippen LogP contribution in [0.25, 0.3) is 10.8 Å². The van der Waals surface area contributed by atoms with E-state index in [1.165, 1.54) is 101 Å². The maximum Gasteiger partial charge on any atom is 0.198 e. The fraction of sp³-hybridized carbons (Fsp3) is 0.750. The van der Waals surface area contributed by atoms with Crippen molar-refractivity contribution in [1.82, 2.24) is 9.80 Å². The topological polar surface area (TPSA) is 28.1 Å². The molecule has 3 saturated heterocycles. The van der Waals surface area contributed by atoms with Gasteiger partial charge in [-0.25, -0.2) is 4.99 Å². The Hall–Kier alpha value is -2.01. The van der Waals surface area contributed by atoms with Gasteiger partial charge < -0.3 is 14.5 Å². The van der Waals surface area contributed by atoms with E-state index in [0.29, 0.717) is 66.3 Å². The molecule has 2 aromatic rings. The van der Waals surface area contributed by atoms with E-state index in [4.69, 9.17) is 9.73 Å². The van der Waals surface area contributed by atoms with Gasteiger partial charge in [0, 0.05) is 30.0 Å². The molecule has 5 aliphatic carbocycles. The fourth-order valence-electron chi connectivity index (χ4n) is 15.1. The Balaban J connectivity index is 1.08. The molecule has 0 aromatic heterocycles. The Labute approximate surface area is 296 Å². The van der Waals surface area contributed by atoms with Crippen molar-refractivity contribution in [3.05, 3.63) is 42.0 Å². The minimum atomic E-state index is 0.348. The van der Waals surface area contributed by atoms with E-state index >= 15 is 0 Å². The highest BCUT2D eigenvalue weighted by Crippen LogP contribution is 2.62. The number of hydrogen-bond donors (Lipinski definition) is 0. The van der Waals surface area contributed by atoms with Crippen LogP contribution in [-0.2, 0) is 4.74 Å². The second-order valence-corrected chi connectivity index (χ2v) is 19.8.